The molecule has 2 heterocycles. The number of nitrogens with zero attached hydrogens (tertiary/aromatic N) is 3. The largest absolute Gasteiger partial charge is 0.299 e. The molecule has 0 aromatic carbocycles. The summed E-state index contributed by atoms with van der Waals surface area (Å²) in [6, 6.07) is 1.90. The van der Waals surface area contributed by atoms with Gasteiger partial charge in [-0.1, -0.05) is 11.8 Å². The van der Waals surface area contributed by atoms with Crippen LogP contribution in [0.25, 0.3) is 11.4 Å². The predicted molar refractivity (Wildman–Crippen MR) is 68.7 cm³/mol. The van der Waals surface area contributed by atoms with Gasteiger partial charge in [-0.15, -0.1) is 5.10 Å². The fraction of sp³-hybridized carbons (Fsp3) is 0.200. The number of halogens is 1. The highest BCUT2D eigenvalue weighted by molar-refractivity contribution is 9.10. The van der Waals surface area contributed by atoms with Crippen LogP contribution in [0.5, 0.6) is 0 Å². The minimum atomic E-state index is 0.102. The number of aromatic nitrogens is 4. The highest BCUT2D eigenvalue weighted by atomic mass is 79.9. The van der Waals surface area contributed by atoms with Crippen molar-refractivity contribution in [1.29, 1.82) is 0 Å². The Morgan fingerprint density at radius 1 is 1.53 bits per heavy atom. The quantitative estimate of drug-likeness (QED) is 0.877. The van der Waals surface area contributed by atoms with Gasteiger partial charge in [0.1, 0.15) is 5.78 Å². The molecule has 0 aliphatic rings. The Labute approximate surface area is 111 Å². The summed E-state index contributed by atoms with van der Waals surface area (Å²) < 4.78 is 0.879. The summed E-state index contributed by atoms with van der Waals surface area (Å²) in [5.74, 6) is 1.13. The van der Waals surface area contributed by atoms with Crippen LogP contribution in [-0.4, -0.2) is 31.7 Å². The van der Waals surface area contributed by atoms with E-state index in [0.717, 1.165) is 10.0 Å². The molecule has 2 aromatic rings. The smallest absolute Gasteiger partial charge is 0.209 e. The van der Waals surface area contributed by atoms with E-state index in [0.29, 0.717) is 16.7 Å². The van der Waals surface area contributed by atoms with Gasteiger partial charge >= 0.3 is 0 Å². The molecule has 0 unspecified atom stereocenters. The zero-order valence-corrected chi connectivity index (χ0v) is 11.4. The van der Waals surface area contributed by atoms with Crippen LogP contribution in [0.1, 0.15) is 6.92 Å². The summed E-state index contributed by atoms with van der Waals surface area (Å²) in [6.07, 6.45) is 3.40. The summed E-state index contributed by atoms with van der Waals surface area (Å²) in [7, 11) is 0. The maximum atomic E-state index is 10.8. The molecule has 0 aliphatic carbocycles. The molecule has 17 heavy (non-hydrogen) atoms. The first-order chi connectivity index (χ1) is 8.15. The fourth-order valence-electron chi connectivity index (χ4n) is 1.15. The number of thioether (sulfide) groups is 1. The van der Waals surface area contributed by atoms with Crippen LogP contribution in [0.2, 0.25) is 0 Å². The Bertz CT molecular complexity index is 543. The number of Topliss-reactive ketones (excluding diaryl/α,β-unsaturated/α-hetero) is 1. The van der Waals surface area contributed by atoms with E-state index in [1.165, 1.54) is 11.8 Å². The van der Waals surface area contributed by atoms with Crippen molar-refractivity contribution in [2.75, 3.05) is 5.75 Å². The number of carbonyl (C=O) groups is 1. The van der Waals surface area contributed by atoms with E-state index in [4.69, 9.17) is 0 Å². The van der Waals surface area contributed by atoms with Gasteiger partial charge in [0.25, 0.3) is 0 Å². The van der Waals surface area contributed by atoms with Crippen molar-refractivity contribution in [2.45, 2.75) is 12.1 Å². The molecular weight excluding hydrogens is 304 g/mol. The molecule has 0 fully saturated rings. The highest BCUT2D eigenvalue weighted by Gasteiger charge is 2.07. The number of carbonyl (C=O) groups excluding carboxylic acids is 1. The average Bonchev–Trinajstić information content (AvgIpc) is 2.75. The lowest BCUT2D eigenvalue weighted by atomic mass is 10.3. The van der Waals surface area contributed by atoms with Gasteiger partial charge in [-0.3, -0.25) is 14.9 Å². The number of rotatable bonds is 4. The van der Waals surface area contributed by atoms with E-state index in [-0.39, 0.29) is 5.78 Å². The number of nitrogens with one attached hydrogen (secondary N) is 1. The minimum absolute atomic E-state index is 0.102. The van der Waals surface area contributed by atoms with Crippen LogP contribution in [-0.2, 0) is 4.79 Å². The second-order valence-corrected chi connectivity index (χ2v) is 5.21. The van der Waals surface area contributed by atoms with Gasteiger partial charge < -0.3 is 0 Å². The standard InChI is InChI=1S/C10H9BrN4OS/c1-6(16)5-17-10-13-9(14-15-10)7-2-8(11)4-12-3-7/h2-4H,5H2,1H3,(H,13,14,15). The normalized spacial score (nSPS) is 10.5. The first-order valence-corrected chi connectivity index (χ1v) is 6.58. The summed E-state index contributed by atoms with van der Waals surface area (Å²) in [6.45, 7) is 1.54. The zero-order chi connectivity index (χ0) is 12.3. The molecule has 7 heteroatoms. The molecule has 0 saturated heterocycles. The molecule has 2 rings (SSSR count). The number of hydrogen-bond acceptors (Lipinski definition) is 5. The molecule has 0 bridgehead atoms. The lowest BCUT2D eigenvalue weighted by Gasteiger charge is -1.95. The predicted octanol–water partition coefficient (Wildman–Crippen LogP) is 2.31. The van der Waals surface area contributed by atoms with Crippen LogP contribution in [0.15, 0.2) is 28.1 Å². The van der Waals surface area contributed by atoms with Gasteiger partial charge in [0.15, 0.2) is 5.82 Å². The van der Waals surface area contributed by atoms with Gasteiger partial charge in [0.2, 0.25) is 5.16 Å². The third kappa shape index (κ3) is 3.37. The highest BCUT2D eigenvalue weighted by Crippen LogP contribution is 2.20. The second kappa shape index (κ2) is 5.42. The Morgan fingerprint density at radius 3 is 3.06 bits per heavy atom. The van der Waals surface area contributed by atoms with Crippen LogP contribution in [0.4, 0.5) is 0 Å². The average molecular weight is 313 g/mol. The molecule has 0 saturated carbocycles. The Balaban J connectivity index is 2.15. The summed E-state index contributed by atoms with van der Waals surface area (Å²) in [4.78, 5) is 19.2. The van der Waals surface area contributed by atoms with E-state index in [1.54, 1.807) is 19.3 Å². The molecule has 2 aromatic heterocycles. The van der Waals surface area contributed by atoms with Crippen LogP contribution >= 0.6 is 27.7 Å². The van der Waals surface area contributed by atoms with Crippen LogP contribution in [0.3, 0.4) is 0 Å². The molecule has 0 spiro atoms. The van der Waals surface area contributed by atoms with Crippen LogP contribution in [0, 0.1) is 0 Å². The van der Waals surface area contributed by atoms with Crippen molar-refractivity contribution in [1.82, 2.24) is 20.2 Å². The third-order valence-electron chi connectivity index (χ3n) is 1.85. The number of ketones is 1. The molecule has 0 amide bonds. The molecule has 88 valence electrons. The van der Waals surface area contributed by atoms with Crippen molar-refractivity contribution in [3.63, 3.8) is 0 Å². The first kappa shape index (κ1) is 12.3. The van der Waals surface area contributed by atoms with Crippen molar-refractivity contribution in [3.8, 4) is 11.4 Å². The Kier molecular flexibility index (Phi) is 3.90. The number of hydrogen-bond donors (Lipinski definition) is 1. The van der Waals surface area contributed by atoms with Crippen molar-refractivity contribution in [2.24, 2.45) is 0 Å². The van der Waals surface area contributed by atoms with Gasteiger partial charge in [0, 0.05) is 22.4 Å². The Hall–Kier alpha value is -1.21. The SMILES string of the molecule is CC(=O)CSc1n[nH]c(-c2cncc(Br)c2)n1. The lowest BCUT2D eigenvalue weighted by molar-refractivity contribution is -0.114. The molecule has 5 nitrogen and oxygen atoms in total. The fourth-order valence-corrected chi connectivity index (χ4v) is 2.11. The zero-order valence-electron chi connectivity index (χ0n) is 8.98. The second-order valence-electron chi connectivity index (χ2n) is 3.35. The van der Waals surface area contributed by atoms with Gasteiger partial charge in [-0.05, 0) is 28.9 Å². The summed E-state index contributed by atoms with van der Waals surface area (Å²) in [5.41, 5.74) is 0.849. The molecular formula is C10H9BrN4OS. The number of aromatic amines is 1. The number of H-pyrrole nitrogens is 1. The van der Waals surface area contributed by atoms with E-state index >= 15 is 0 Å². The Morgan fingerprint density at radius 2 is 2.35 bits per heavy atom. The lowest BCUT2D eigenvalue weighted by Crippen LogP contribution is -1.93. The van der Waals surface area contributed by atoms with Crippen molar-refractivity contribution < 1.29 is 4.79 Å². The maximum absolute atomic E-state index is 10.8. The van der Waals surface area contributed by atoms with Crippen LogP contribution < -0.4 is 0 Å². The summed E-state index contributed by atoms with van der Waals surface area (Å²) >= 11 is 4.65. The first-order valence-electron chi connectivity index (χ1n) is 4.80. The van der Waals surface area contributed by atoms with Gasteiger partial charge in [-0.25, -0.2) is 4.98 Å². The van der Waals surface area contributed by atoms with E-state index in [9.17, 15) is 4.79 Å². The van der Waals surface area contributed by atoms with E-state index in [2.05, 4.69) is 36.1 Å². The topological polar surface area (TPSA) is 71.5 Å². The van der Waals surface area contributed by atoms with E-state index < -0.39 is 0 Å². The molecule has 1 N–H and O–H groups in total. The summed E-state index contributed by atoms with van der Waals surface area (Å²) in [5, 5.41) is 7.41. The number of pyridine rings is 1. The van der Waals surface area contributed by atoms with Gasteiger partial charge in [0.05, 0.1) is 5.75 Å². The molecule has 0 atom stereocenters. The third-order valence-corrected chi connectivity index (χ3v) is 3.27. The minimum Gasteiger partial charge on any atom is -0.299 e. The maximum Gasteiger partial charge on any atom is 0.209 e. The van der Waals surface area contributed by atoms with E-state index in [1.807, 2.05) is 6.07 Å². The molecule has 0 aliphatic heterocycles. The monoisotopic (exact) mass is 312 g/mol. The van der Waals surface area contributed by atoms with Crippen molar-refractivity contribution in [3.05, 3.63) is 22.9 Å². The van der Waals surface area contributed by atoms with Gasteiger partial charge in [-0.2, -0.15) is 0 Å². The van der Waals surface area contributed by atoms with Crippen molar-refractivity contribution >= 4 is 33.5 Å². The molecule has 0 radical (unpaired) electrons.